The van der Waals surface area contributed by atoms with Crippen molar-refractivity contribution in [2.75, 3.05) is 0 Å². The Balaban J connectivity index is 1.84. The number of nitrogens with two attached hydrogens (primary N) is 1. The van der Waals surface area contributed by atoms with E-state index >= 15 is 0 Å². The molecule has 110 valence electrons. The first-order valence-electron chi connectivity index (χ1n) is 7.44. The second-order valence-electron chi connectivity index (χ2n) is 5.61. The Morgan fingerprint density at radius 1 is 1.29 bits per heavy atom. The summed E-state index contributed by atoms with van der Waals surface area (Å²) in [5.74, 6) is 6.27. The molecule has 0 spiro atoms. The Hall–Kier alpha value is -1.42. The molecule has 2 aromatic rings. The van der Waals surface area contributed by atoms with Gasteiger partial charge in [-0.3, -0.25) is 16.3 Å². The highest BCUT2D eigenvalue weighted by Gasteiger charge is 2.25. The van der Waals surface area contributed by atoms with Crippen molar-refractivity contribution in [3.8, 4) is 0 Å². The van der Waals surface area contributed by atoms with Gasteiger partial charge in [0, 0.05) is 6.20 Å². The molecule has 3 N–H and O–H groups in total. The number of rotatable bonds is 4. The number of benzene rings is 1. The van der Waals surface area contributed by atoms with E-state index in [1.165, 1.54) is 30.4 Å². The summed E-state index contributed by atoms with van der Waals surface area (Å²) in [5.41, 5.74) is 6.65. The molecule has 0 amide bonds. The number of hydrogen-bond acceptors (Lipinski definition) is 3. The molecule has 2 atom stereocenters. The lowest BCUT2D eigenvalue weighted by molar-refractivity contribution is 0.419. The van der Waals surface area contributed by atoms with Crippen molar-refractivity contribution < 1.29 is 0 Å². The summed E-state index contributed by atoms with van der Waals surface area (Å²) >= 11 is 6.26. The standard InChI is InChI=1S/C17H20ClN3/c18-15-9-4-10-20-17(15)16(21-19)11-13-7-3-6-12-5-1-2-8-14(12)13/h1-2,4-5,8-10,13,16,21H,3,6-7,11,19H2. The molecule has 3 rings (SSSR count). The molecule has 0 saturated heterocycles. The van der Waals surface area contributed by atoms with Crippen LogP contribution < -0.4 is 11.3 Å². The van der Waals surface area contributed by atoms with Crippen LogP contribution >= 0.6 is 11.6 Å². The van der Waals surface area contributed by atoms with E-state index in [2.05, 4.69) is 34.7 Å². The van der Waals surface area contributed by atoms with Gasteiger partial charge in [0.1, 0.15) is 0 Å². The van der Waals surface area contributed by atoms with Gasteiger partial charge < -0.3 is 0 Å². The van der Waals surface area contributed by atoms with Crippen molar-refractivity contribution >= 4 is 11.6 Å². The first-order valence-corrected chi connectivity index (χ1v) is 7.81. The maximum absolute atomic E-state index is 6.26. The molecular weight excluding hydrogens is 282 g/mol. The minimum absolute atomic E-state index is 0.0187. The van der Waals surface area contributed by atoms with Gasteiger partial charge in [-0.05, 0) is 54.9 Å². The number of fused-ring (bicyclic) bond motifs is 1. The second kappa shape index (κ2) is 6.56. The minimum atomic E-state index is -0.0187. The maximum atomic E-state index is 6.26. The third kappa shape index (κ3) is 3.10. The van der Waals surface area contributed by atoms with E-state index in [4.69, 9.17) is 17.4 Å². The van der Waals surface area contributed by atoms with Gasteiger partial charge in [-0.25, -0.2) is 0 Å². The molecule has 0 fully saturated rings. The molecule has 1 aromatic heterocycles. The Morgan fingerprint density at radius 2 is 2.14 bits per heavy atom. The third-order valence-corrected chi connectivity index (χ3v) is 4.65. The normalized spacial score (nSPS) is 19.0. The lowest BCUT2D eigenvalue weighted by Gasteiger charge is -2.28. The number of nitrogens with zero attached hydrogens (tertiary/aromatic N) is 1. The molecule has 0 bridgehead atoms. The molecule has 0 radical (unpaired) electrons. The highest BCUT2D eigenvalue weighted by Crippen LogP contribution is 2.38. The fraction of sp³-hybridized carbons (Fsp3) is 0.353. The van der Waals surface area contributed by atoms with Crippen molar-refractivity contribution in [2.45, 2.75) is 37.6 Å². The van der Waals surface area contributed by atoms with E-state index in [9.17, 15) is 0 Å². The van der Waals surface area contributed by atoms with Crippen LogP contribution in [0.4, 0.5) is 0 Å². The monoisotopic (exact) mass is 301 g/mol. The lowest BCUT2D eigenvalue weighted by Crippen LogP contribution is -2.30. The Labute approximate surface area is 130 Å². The van der Waals surface area contributed by atoms with Crippen LogP contribution in [0.15, 0.2) is 42.6 Å². The fourth-order valence-electron chi connectivity index (χ4n) is 3.30. The van der Waals surface area contributed by atoms with Crippen LogP contribution in [0.1, 0.15) is 48.0 Å². The van der Waals surface area contributed by atoms with Crippen molar-refractivity contribution in [1.82, 2.24) is 10.4 Å². The van der Waals surface area contributed by atoms with Crippen molar-refractivity contribution in [3.05, 3.63) is 64.4 Å². The molecule has 1 aliphatic rings. The fourth-order valence-corrected chi connectivity index (χ4v) is 3.55. The Kier molecular flexibility index (Phi) is 4.54. The highest BCUT2D eigenvalue weighted by atomic mass is 35.5. The van der Waals surface area contributed by atoms with Gasteiger partial charge in [0.05, 0.1) is 16.8 Å². The number of hydrazine groups is 1. The molecule has 4 heteroatoms. The van der Waals surface area contributed by atoms with Gasteiger partial charge in [0.2, 0.25) is 0 Å². The highest BCUT2D eigenvalue weighted by molar-refractivity contribution is 6.31. The first kappa shape index (κ1) is 14.5. The van der Waals surface area contributed by atoms with Crippen LogP contribution in [0.3, 0.4) is 0 Å². The van der Waals surface area contributed by atoms with Crippen LogP contribution in [0.5, 0.6) is 0 Å². The zero-order valence-corrected chi connectivity index (χ0v) is 12.7. The topological polar surface area (TPSA) is 50.9 Å². The molecule has 0 aliphatic heterocycles. The van der Waals surface area contributed by atoms with Gasteiger partial charge in [0.25, 0.3) is 0 Å². The predicted octanol–water partition coefficient (Wildman–Crippen LogP) is 3.75. The van der Waals surface area contributed by atoms with E-state index in [0.717, 1.165) is 12.1 Å². The number of halogens is 1. The van der Waals surface area contributed by atoms with Gasteiger partial charge in [-0.2, -0.15) is 0 Å². The van der Waals surface area contributed by atoms with E-state index in [1.54, 1.807) is 6.20 Å². The minimum Gasteiger partial charge on any atom is -0.271 e. The smallest absolute Gasteiger partial charge is 0.0772 e. The van der Waals surface area contributed by atoms with Crippen LogP contribution in [-0.4, -0.2) is 4.98 Å². The number of hydrogen-bond donors (Lipinski definition) is 2. The quantitative estimate of drug-likeness (QED) is 0.668. The number of pyridine rings is 1. The van der Waals surface area contributed by atoms with Gasteiger partial charge in [0.15, 0.2) is 0 Å². The summed E-state index contributed by atoms with van der Waals surface area (Å²) in [6, 6.07) is 12.4. The summed E-state index contributed by atoms with van der Waals surface area (Å²) in [4.78, 5) is 4.40. The predicted molar refractivity (Wildman–Crippen MR) is 86.0 cm³/mol. The Morgan fingerprint density at radius 3 is 2.95 bits per heavy atom. The molecule has 21 heavy (non-hydrogen) atoms. The molecular formula is C17H20ClN3. The van der Waals surface area contributed by atoms with Crippen molar-refractivity contribution in [2.24, 2.45) is 5.84 Å². The average Bonchev–Trinajstić information content (AvgIpc) is 2.53. The molecule has 1 heterocycles. The SMILES string of the molecule is NNC(CC1CCCc2ccccc21)c1ncccc1Cl. The average molecular weight is 302 g/mol. The van der Waals surface area contributed by atoms with E-state index in [0.29, 0.717) is 10.9 Å². The summed E-state index contributed by atoms with van der Waals surface area (Å²) < 4.78 is 0. The van der Waals surface area contributed by atoms with Gasteiger partial charge >= 0.3 is 0 Å². The number of aromatic nitrogens is 1. The van der Waals surface area contributed by atoms with Crippen LogP contribution in [-0.2, 0) is 6.42 Å². The number of nitrogens with one attached hydrogen (secondary N) is 1. The van der Waals surface area contributed by atoms with Gasteiger partial charge in [-0.15, -0.1) is 0 Å². The second-order valence-corrected chi connectivity index (χ2v) is 6.02. The molecule has 1 aromatic carbocycles. The van der Waals surface area contributed by atoms with Crippen molar-refractivity contribution in [3.63, 3.8) is 0 Å². The molecule has 3 nitrogen and oxygen atoms in total. The zero-order valence-electron chi connectivity index (χ0n) is 11.9. The maximum Gasteiger partial charge on any atom is 0.0772 e. The zero-order chi connectivity index (χ0) is 14.7. The number of aryl methyl sites for hydroxylation is 1. The summed E-state index contributed by atoms with van der Waals surface area (Å²) in [7, 11) is 0. The molecule has 1 aliphatic carbocycles. The van der Waals surface area contributed by atoms with E-state index in [-0.39, 0.29) is 6.04 Å². The Bertz CT molecular complexity index is 614. The van der Waals surface area contributed by atoms with Crippen LogP contribution in [0.2, 0.25) is 5.02 Å². The summed E-state index contributed by atoms with van der Waals surface area (Å²) in [6.45, 7) is 0. The van der Waals surface area contributed by atoms with E-state index in [1.807, 2.05) is 12.1 Å². The third-order valence-electron chi connectivity index (χ3n) is 4.33. The van der Waals surface area contributed by atoms with Gasteiger partial charge in [-0.1, -0.05) is 35.9 Å². The lowest BCUT2D eigenvalue weighted by atomic mass is 9.79. The largest absolute Gasteiger partial charge is 0.271 e. The van der Waals surface area contributed by atoms with Crippen molar-refractivity contribution in [1.29, 1.82) is 0 Å². The first-order chi connectivity index (χ1) is 10.3. The molecule has 0 saturated carbocycles. The van der Waals surface area contributed by atoms with Crippen LogP contribution in [0, 0.1) is 0 Å². The summed E-state index contributed by atoms with van der Waals surface area (Å²) in [6.07, 6.45) is 6.29. The van der Waals surface area contributed by atoms with E-state index < -0.39 is 0 Å². The summed E-state index contributed by atoms with van der Waals surface area (Å²) in [5, 5.41) is 0.671. The van der Waals surface area contributed by atoms with Crippen LogP contribution in [0.25, 0.3) is 0 Å². The molecule has 2 unspecified atom stereocenters.